The Morgan fingerprint density at radius 1 is 1.30 bits per heavy atom. The van der Waals surface area contributed by atoms with Crippen molar-refractivity contribution in [2.24, 2.45) is 5.92 Å². The van der Waals surface area contributed by atoms with Gasteiger partial charge in [0.05, 0.1) is 6.54 Å². The molecule has 0 aromatic carbocycles. The zero-order valence-corrected chi connectivity index (χ0v) is 13.9. The quantitative estimate of drug-likeness (QED) is 0.880. The maximum Gasteiger partial charge on any atom is 0.152 e. The Labute approximate surface area is 137 Å². The van der Waals surface area contributed by atoms with Crippen molar-refractivity contribution in [3.8, 4) is 11.5 Å². The lowest BCUT2D eigenvalue weighted by Crippen LogP contribution is -2.39. The van der Waals surface area contributed by atoms with E-state index in [-0.39, 0.29) is 6.61 Å². The van der Waals surface area contributed by atoms with Crippen LogP contribution in [0, 0.1) is 5.92 Å². The molecule has 2 aromatic rings. The van der Waals surface area contributed by atoms with E-state index in [0.717, 1.165) is 49.7 Å². The van der Waals surface area contributed by atoms with E-state index >= 15 is 0 Å². The van der Waals surface area contributed by atoms with Gasteiger partial charge < -0.3 is 14.4 Å². The van der Waals surface area contributed by atoms with Crippen LogP contribution in [0.1, 0.15) is 18.6 Å². The number of H-pyrrole nitrogens is 1. The van der Waals surface area contributed by atoms with Gasteiger partial charge >= 0.3 is 0 Å². The van der Waals surface area contributed by atoms with Gasteiger partial charge in [0.1, 0.15) is 11.5 Å². The SMILES string of the molecule is CN(C)[C@@H]1CC[C@H](CO)CN(Cc2ccc(-c3ccn[nH]3)o2)C1. The number of aliphatic hydroxyl groups is 1. The molecular formula is C17H26N4O2. The molecule has 0 spiro atoms. The molecule has 6 nitrogen and oxygen atoms in total. The first-order valence-corrected chi connectivity index (χ1v) is 8.24. The van der Waals surface area contributed by atoms with Crippen molar-refractivity contribution in [2.45, 2.75) is 25.4 Å². The average molecular weight is 318 g/mol. The summed E-state index contributed by atoms with van der Waals surface area (Å²) >= 11 is 0. The lowest BCUT2D eigenvalue weighted by Gasteiger charge is -2.28. The lowest BCUT2D eigenvalue weighted by molar-refractivity contribution is 0.151. The Bertz CT molecular complexity index is 594. The molecule has 1 fully saturated rings. The number of hydrogen-bond acceptors (Lipinski definition) is 5. The molecule has 126 valence electrons. The molecule has 0 amide bonds. The van der Waals surface area contributed by atoms with E-state index in [2.05, 4.69) is 34.1 Å². The van der Waals surface area contributed by atoms with Crippen molar-refractivity contribution in [3.63, 3.8) is 0 Å². The van der Waals surface area contributed by atoms with Gasteiger partial charge in [-0.1, -0.05) is 0 Å². The summed E-state index contributed by atoms with van der Waals surface area (Å²) in [6.45, 7) is 2.95. The van der Waals surface area contributed by atoms with E-state index in [1.807, 2.05) is 18.2 Å². The van der Waals surface area contributed by atoms with Crippen molar-refractivity contribution in [1.29, 1.82) is 0 Å². The number of rotatable bonds is 5. The summed E-state index contributed by atoms with van der Waals surface area (Å²) < 4.78 is 5.95. The van der Waals surface area contributed by atoms with E-state index in [1.165, 1.54) is 0 Å². The monoisotopic (exact) mass is 318 g/mol. The van der Waals surface area contributed by atoms with Gasteiger partial charge in [-0.25, -0.2) is 0 Å². The second-order valence-electron chi connectivity index (χ2n) is 6.67. The highest BCUT2D eigenvalue weighted by atomic mass is 16.3. The fourth-order valence-electron chi connectivity index (χ4n) is 3.27. The molecule has 2 atom stereocenters. The number of aliphatic hydroxyl groups excluding tert-OH is 1. The smallest absolute Gasteiger partial charge is 0.152 e. The van der Waals surface area contributed by atoms with Crippen LogP contribution in [0.5, 0.6) is 0 Å². The maximum atomic E-state index is 9.58. The van der Waals surface area contributed by atoms with Crippen molar-refractivity contribution in [3.05, 3.63) is 30.2 Å². The standard InChI is InChI=1S/C17H26N4O2/c1-20(2)14-4-3-13(12-22)9-21(10-14)11-15-5-6-17(23-15)16-7-8-18-19-16/h5-8,13-14,22H,3-4,9-12H2,1-2H3,(H,18,19)/t13-,14+/m0/s1. The number of likely N-dealkylation sites (N-methyl/N-ethyl adjacent to an activating group) is 1. The molecule has 2 N–H and O–H groups in total. The van der Waals surface area contributed by atoms with Gasteiger partial charge in [-0.3, -0.25) is 10.00 Å². The molecule has 1 aliphatic rings. The molecule has 1 saturated heterocycles. The summed E-state index contributed by atoms with van der Waals surface area (Å²) in [6, 6.07) is 6.43. The van der Waals surface area contributed by atoms with Crippen molar-refractivity contribution < 1.29 is 9.52 Å². The number of furan rings is 1. The van der Waals surface area contributed by atoms with Crippen molar-refractivity contribution in [1.82, 2.24) is 20.0 Å². The van der Waals surface area contributed by atoms with Crippen LogP contribution in [0.3, 0.4) is 0 Å². The highest BCUT2D eigenvalue weighted by Gasteiger charge is 2.25. The predicted molar refractivity (Wildman–Crippen MR) is 88.9 cm³/mol. The van der Waals surface area contributed by atoms with E-state index in [0.29, 0.717) is 12.0 Å². The molecular weight excluding hydrogens is 292 g/mol. The van der Waals surface area contributed by atoms with Crippen LogP contribution in [0.4, 0.5) is 0 Å². The fraction of sp³-hybridized carbons (Fsp3) is 0.588. The van der Waals surface area contributed by atoms with Crippen LogP contribution in [-0.2, 0) is 6.54 Å². The van der Waals surface area contributed by atoms with Gasteiger partial charge in [-0.05, 0) is 51.1 Å². The van der Waals surface area contributed by atoms with Gasteiger partial charge in [0.15, 0.2) is 5.76 Å². The number of hydrogen-bond donors (Lipinski definition) is 2. The van der Waals surface area contributed by atoms with Gasteiger partial charge in [0, 0.05) is 31.9 Å². The molecule has 0 saturated carbocycles. The molecule has 23 heavy (non-hydrogen) atoms. The molecule has 0 unspecified atom stereocenters. The summed E-state index contributed by atoms with van der Waals surface area (Å²) in [6.07, 6.45) is 3.93. The van der Waals surface area contributed by atoms with Gasteiger partial charge in [-0.2, -0.15) is 5.10 Å². The van der Waals surface area contributed by atoms with Crippen molar-refractivity contribution in [2.75, 3.05) is 33.8 Å². The van der Waals surface area contributed by atoms with Crippen molar-refractivity contribution >= 4 is 0 Å². The third kappa shape index (κ3) is 4.02. The minimum absolute atomic E-state index is 0.258. The van der Waals surface area contributed by atoms with Gasteiger partial charge in [0.25, 0.3) is 0 Å². The number of nitrogens with one attached hydrogen (secondary N) is 1. The zero-order chi connectivity index (χ0) is 16.2. The first kappa shape index (κ1) is 16.2. The molecule has 0 radical (unpaired) electrons. The summed E-state index contributed by atoms with van der Waals surface area (Å²) in [4.78, 5) is 4.68. The Morgan fingerprint density at radius 2 is 2.17 bits per heavy atom. The molecule has 1 aliphatic heterocycles. The van der Waals surface area contributed by atoms with Crippen LogP contribution in [0.15, 0.2) is 28.8 Å². The molecule has 3 heterocycles. The number of nitrogens with zero attached hydrogens (tertiary/aromatic N) is 3. The van der Waals surface area contributed by atoms with Gasteiger partial charge in [-0.15, -0.1) is 0 Å². The molecule has 0 bridgehead atoms. The zero-order valence-electron chi connectivity index (χ0n) is 13.9. The van der Waals surface area contributed by atoms with E-state index in [9.17, 15) is 5.11 Å². The van der Waals surface area contributed by atoms with Crippen LogP contribution in [-0.4, -0.2) is 64.9 Å². The summed E-state index contributed by atoms with van der Waals surface area (Å²) in [7, 11) is 4.26. The third-order valence-electron chi connectivity index (χ3n) is 4.69. The normalized spacial score (nSPS) is 23.3. The Kier molecular flexibility index (Phi) is 5.15. The van der Waals surface area contributed by atoms with Crippen LogP contribution >= 0.6 is 0 Å². The topological polar surface area (TPSA) is 68.5 Å². The second-order valence-corrected chi connectivity index (χ2v) is 6.67. The molecule has 2 aromatic heterocycles. The maximum absolute atomic E-state index is 9.58. The first-order chi connectivity index (χ1) is 11.2. The summed E-state index contributed by atoms with van der Waals surface area (Å²) in [5, 5.41) is 16.5. The van der Waals surface area contributed by atoms with E-state index < -0.39 is 0 Å². The molecule has 3 rings (SSSR count). The number of likely N-dealkylation sites (tertiary alicyclic amines) is 1. The first-order valence-electron chi connectivity index (χ1n) is 8.24. The van der Waals surface area contributed by atoms with E-state index in [1.54, 1.807) is 6.20 Å². The largest absolute Gasteiger partial charge is 0.458 e. The summed E-state index contributed by atoms with van der Waals surface area (Å²) in [5.74, 6) is 2.11. The minimum atomic E-state index is 0.258. The highest BCUT2D eigenvalue weighted by Crippen LogP contribution is 2.24. The van der Waals surface area contributed by atoms with Gasteiger partial charge in [0.2, 0.25) is 0 Å². The average Bonchev–Trinajstić information content (AvgIpc) is 3.16. The minimum Gasteiger partial charge on any atom is -0.458 e. The Balaban J connectivity index is 1.69. The second kappa shape index (κ2) is 7.29. The molecule has 0 aliphatic carbocycles. The number of aromatic amines is 1. The Morgan fingerprint density at radius 3 is 2.87 bits per heavy atom. The number of aromatic nitrogens is 2. The van der Waals surface area contributed by atoms with Crippen LogP contribution in [0.2, 0.25) is 0 Å². The van der Waals surface area contributed by atoms with E-state index in [4.69, 9.17) is 4.42 Å². The van der Waals surface area contributed by atoms with Crippen LogP contribution in [0.25, 0.3) is 11.5 Å². The lowest BCUT2D eigenvalue weighted by atomic mass is 10.0. The summed E-state index contributed by atoms with van der Waals surface area (Å²) in [5.41, 5.74) is 0.895. The predicted octanol–water partition coefficient (Wildman–Crippen LogP) is 1.80. The fourth-order valence-corrected chi connectivity index (χ4v) is 3.27. The third-order valence-corrected chi connectivity index (χ3v) is 4.69. The van der Waals surface area contributed by atoms with Crippen LogP contribution < -0.4 is 0 Å². The molecule has 6 heteroatoms. The Hall–Kier alpha value is -1.63. The highest BCUT2D eigenvalue weighted by molar-refractivity contribution is 5.51.